The quantitative estimate of drug-likeness (QED) is 0.689. The summed E-state index contributed by atoms with van der Waals surface area (Å²) in [5.74, 6) is 1.20. The number of nitrogen functional groups attached to an aromatic ring is 1. The molecule has 2 N–H and O–H groups in total. The SMILES string of the molecule is CC1CC(C)CN(C(=O)CSc2cc(N)cc(F)c2)C1. The number of nitrogens with two attached hydrogens (primary N) is 1. The van der Waals surface area contributed by atoms with Crippen LogP contribution in [0.5, 0.6) is 0 Å². The van der Waals surface area contributed by atoms with E-state index >= 15 is 0 Å². The number of piperidine rings is 1. The molecule has 2 atom stereocenters. The number of anilines is 1. The van der Waals surface area contributed by atoms with Crippen molar-refractivity contribution in [1.29, 1.82) is 0 Å². The van der Waals surface area contributed by atoms with E-state index in [-0.39, 0.29) is 11.7 Å². The molecule has 1 aliphatic heterocycles. The zero-order valence-electron chi connectivity index (χ0n) is 11.9. The Hall–Kier alpha value is -1.23. The Morgan fingerprint density at radius 2 is 2.00 bits per heavy atom. The van der Waals surface area contributed by atoms with Gasteiger partial charge in [-0.15, -0.1) is 11.8 Å². The normalized spacial score (nSPS) is 22.9. The van der Waals surface area contributed by atoms with Crippen molar-refractivity contribution in [1.82, 2.24) is 4.90 Å². The average Bonchev–Trinajstić information content (AvgIpc) is 2.33. The lowest BCUT2D eigenvalue weighted by Crippen LogP contribution is -2.43. The maximum atomic E-state index is 13.2. The van der Waals surface area contributed by atoms with E-state index in [1.165, 1.54) is 30.3 Å². The second-order valence-corrected chi connectivity index (χ2v) is 6.80. The van der Waals surface area contributed by atoms with Crippen molar-refractivity contribution in [2.75, 3.05) is 24.6 Å². The van der Waals surface area contributed by atoms with Crippen LogP contribution in [0.1, 0.15) is 20.3 Å². The molecule has 1 aromatic rings. The van der Waals surface area contributed by atoms with Gasteiger partial charge in [-0.1, -0.05) is 13.8 Å². The summed E-state index contributed by atoms with van der Waals surface area (Å²) in [6, 6.07) is 4.39. The number of thioether (sulfide) groups is 1. The lowest BCUT2D eigenvalue weighted by atomic mass is 9.92. The average molecular weight is 296 g/mol. The fraction of sp³-hybridized carbons (Fsp3) is 0.533. The van der Waals surface area contributed by atoms with Crippen LogP contribution in [0, 0.1) is 17.7 Å². The third kappa shape index (κ3) is 4.13. The number of nitrogens with zero attached hydrogens (tertiary/aromatic N) is 1. The van der Waals surface area contributed by atoms with Crippen LogP contribution in [-0.4, -0.2) is 29.6 Å². The van der Waals surface area contributed by atoms with Gasteiger partial charge >= 0.3 is 0 Å². The van der Waals surface area contributed by atoms with Crippen molar-refractivity contribution < 1.29 is 9.18 Å². The molecule has 3 nitrogen and oxygen atoms in total. The van der Waals surface area contributed by atoms with Gasteiger partial charge in [0.1, 0.15) is 5.82 Å². The molecule has 0 aromatic heterocycles. The largest absolute Gasteiger partial charge is 0.399 e. The minimum absolute atomic E-state index is 0.122. The summed E-state index contributed by atoms with van der Waals surface area (Å²) in [5, 5.41) is 0. The highest BCUT2D eigenvalue weighted by atomic mass is 32.2. The molecular weight excluding hydrogens is 275 g/mol. The van der Waals surface area contributed by atoms with Gasteiger partial charge in [0, 0.05) is 23.7 Å². The Bertz CT molecular complexity index is 465. The van der Waals surface area contributed by atoms with Crippen molar-refractivity contribution in [3.05, 3.63) is 24.0 Å². The molecule has 1 aliphatic rings. The second kappa shape index (κ2) is 6.48. The van der Waals surface area contributed by atoms with Crippen molar-refractivity contribution in [2.24, 2.45) is 11.8 Å². The van der Waals surface area contributed by atoms with E-state index in [1.54, 1.807) is 6.07 Å². The van der Waals surface area contributed by atoms with Crippen LogP contribution in [0.4, 0.5) is 10.1 Å². The molecule has 1 fully saturated rings. The Balaban J connectivity index is 1.91. The lowest BCUT2D eigenvalue weighted by molar-refractivity contribution is -0.130. The van der Waals surface area contributed by atoms with Crippen molar-refractivity contribution in [3.8, 4) is 0 Å². The van der Waals surface area contributed by atoms with Gasteiger partial charge in [-0.05, 0) is 36.5 Å². The minimum atomic E-state index is -0.361. The van der Waals surface area contributed by atoms with Gasteiger partial charge in [0.25, 0.3) is 0 Å². The first kappa shape index (κ1) is 15.2. The molecule has 0 spiro atoms. The van der Waals surface area contributed by atoms with E-state index in [9.17, 15) is 9.18 Å². The van der Waals surface area contributed by atoms with E-state index in [2.05, 4.69) is 13.8 Å². The third-order valence-electron chi connectivity index (χ3n) is 3.48. The predicted molar refractivity (Wildman–Crippen MR) is 81.1 cm³/mol. The molecule has 0 bridgehead atoms. The molecule has 2 rings (SSSR count). The molecule has 1 aromatic carbocycles. The van der Waals surface area contributed by atoms with Crippen molar-refractivity contribution in [2.45, 2.75) is 25.2 Å². The Labute approximate surface area is 123 Å². The smallest absolute Gasteiger partial charge is 0.232 e. The number of hydrogen-bond acceptors (Lipinski definition) is 3. The lowest BCUT2D eigenvalue weighted by Gasteiger charge is -2.35. The first-order valence-corrected chi connectivity index (χ1v) is 7.89. The first-order valence-electron chi connectivity index (χ1n) is 6.90. The highest BCUT2D eigenvalue weighted by Gasteiger charge is 2.25. The molecule has 0 radical (unpaired) electrons. The first-order chi connectivity index (χ1) is 9.44. The molecule has 0 aliphatic carbocycles. The number of hydrogen-bond donors (Lipinski definition) is 1. The molecule has 20 heavy (non-hydrogen) atoms. The molecule has 1 heterocycles. The number of halogens is 1. The van der Waals surface area contributed by atoms with E-state index < -0.39 is 0 Å². The number of carbonyl (C=O) groups excluding carboxylic acids is 1. The Kier molecular flexibility index (Phi) is 4.91. The van der Waals surface area contributed by atoms with E-state index in [4.69, 9.17) is 5.73 Å². The fourth-order valence-electron chi connectivity index (χ4n) is 2.77. The van der Waals surface area contributed by atoms with Gasteiger partial charge < -0.3 is 10.6 Å². The van der Waals surface area contributed by atoms with Gasteiger partial charge in [0.2, 0.25) is 5.91 Å². The van der Waals surface area contributed by atoms with Crippen LogP contribution >= 0.6 is 11.8 Å². The molecule has 1 amide bonds. The standard InChI is InChI=1S/C15H21FN2OS/c1-10-3-11(2)8-18(7-10)15(19)9-20-14-5-12(16)4-13(17)6-14/h4-6,10-11H,3,7-9,17H2,1-2H3. The monoisotopic (exact) mass is 296 g/mol. The van der Waals surface area contributed by atoms with Crippen molar-refractivity contribution >= 4 is 23.4 Å². The Morgan fingerprint density at radius 1 is 1.35 bits per heavy atom. The zero-order chi connectivity index (χ0) is 14.7. The van der Waals surface area contributed by atoms with Gasteiger partial charge in [-0.25, -0.2) is 4.39 Å². The Morgan fingerprint density at radius 3 is 2.60 bits per heavy atom. The molecule has 110 valence electrons. The molecular formula is C15H21FN2OS. The van der Waals surface area contributed by atoms with E-state index in [0.29, 0.717) is 28.2 Å². The highest BCUT2D eigenvalue weighted by molar-refractivity contribution is 8.00. The fourth-order valence-corrected chi connectivity index (χ4v) is 3.66. The predicted octanol–water partition coefficient (Wildman–Crippen LogP) is 3.00. The topological polar surface area (TPSA) is 46.3 Å². The molecule has 1 saturated heterocycles. The van der Waals surface area contributed by atoms with E-state index in [0.717, 1.165) is 13.1 Å². The number of amides is 1. The van der Waals surface area contributed by atoms with Crippen LogP contribution in [0.15, 0.2) is 23.1 Å². The van der Waals surface area contributed by atoms with Crippen LogP contribution < -0.4 is 5.73 Å². The van der Waals surface area contributed by atoms with Crippen molar-refractivity contribution in [3.63, 3.8) is 0 Å². The second-order valence-electron chi connectivity index (χ2n) is 5.75. The summed E-state index contributed by atoms with van der Waals surface area (Å²) in [4.78, 5) is 14.8. The molecule has 2 unspecified atom stereocenters. The number of likely N-dealkylation sites (tertiary alicyclic amines) is 1. The summed E-state index contributed by atoms with van der Waals surface area (Å²) in [6.07, 6.45) is 1.18. The van der Waals surface area contributed by atoms with Gasteiger partial charge in [-0.3, -0.25) is 4.79 Å². The van der Waals surface area contributed by atoms with Gasteiger partial charge in [-0.2, -0.15) is 0 Å². The van der Waals surface area contributed by atoms with Crippen LogP contribution in [0.3, 0.4) is 0 Å². The number of benzene rings is 1. The van der Waals surface area contributed by atoms with E-state index in [1.807, 2.05) is 4.90 Å². The highest BCUT2D eigenvalue weighted by Crippen LogP contribution is 2.25. The third-order valence-corrected chi connectivity index (χ3v) is 4.44. The number of carbonyl (C=O) groups is 1. The van der Waals surface area contributed by atoms with Crippen LogP contribution in [-0.2, 0) is 4.79 Å². The van der Waals surface area contributed by atoms with Gasteiger partial charge in [0.05, 0.1) is 5.75 Å². The summed E-state index contributed by atoms with van der Waals surface area (Å²) in [6.45, 7) is 6.01. The van der Waals surface area contributed by atoms with Crippen LogP contribution in [0.2, 0.25) is 0 Å². The van der Waals surface area contributed by atoms with Crippen LogP contribution in [0.25, 0.3) is 0 Å². The maximum absolute atomic E-state index is 13.2. The molecule has 5 heteroatoms. The summed E-state index contributed by atoms with van der Waals surface area (Å²) in [7, 11) is 0. The maximum Gasteiger partial charge on any atom is 0.232 e. The summed E-state index contributed by atoms with van der Waals surface area (Å²) >= 11 is 1.34. The number of rotatable bonds is 3. The molecule has 0 saturated carbocycles. The van der Waals surface area contributed by atoms with Gasteiger partial charge in [0.15, 0.2) is 0 Å². The summed E-state index contributed by atoms with van der Waals surface area (Å²) < 4.78 is 13.2. The zero-order valence-corrected chi connectivity index (χ0v) is 12.8. The minimum Gasteiger partial charge on any atom is -0.399 e. The summed E-state index contributed by atoms with van der Waals surface area (Å²) in [5.41, 5.74) is 5.99.